The molecule has 2 N–H and O–H groups in total. The van der Waals surface area contributed by atoms with E-state index in [1.165, 1.54) is 22.0 Å². The third-order valence-electron chi connectivity index (χ3n) is 3.30. The van der Waals surface area contributed by atoms with Gasteiger partial charge in [0.2, 0.25) is 0 Å². The molecule has 0 aliphatic heterocycles. The van der Waals surface area contributed by atoms with Gasteiger partial charge in [0.25, 0.3) is 0 Å². The number of hydrogen-bond acceptors (Lipinski definition) is 1. The van der Waals surface area contributed by atoms with Crippen molar-refractivity contribution in [1.82, 2.24) is 4.98 Å². The summed E-state index contributed by atoms with van der Waals surface area (Å²) in [5, 5.41) is 5.43. The Bertz CT molecular complexity index is 716. The van der Waals surface area contributed by atoms with Crippen molar-refractivity contribution in [2.45, 2.75) is 13.5 Å². The van der Waals surface area contributed by atoms with E-state index in [-0.39, 0.29) is 0 Å². The fourth-order valence-electron chi connectivity index (χ4n) is 2.19. The van der Waals surface area contributed by atoms with Gasteiger partial charge < -0.3 is 10.3 Å². The summed E-state index contributed by atoms with van der Waals surface area (Å²) in [7, 11) is 0. The van der Waals surface area contributed by atoms with Crippen molar-refractivity contribution in [3.05, 3.63) is 64.8 Å². The molecule has 2 aromatic carbocycles. The minimum absolute atomic E-state index is 0.759. The van der Waals surface area contributed by atoms with Crippen molar-refractivity contribution >= 4 is 28.2 Å². The van der Waals surface area contributed by atoms with Crippen molar-refractivity contribution in [2.75, 3.05) is 5.32 Å². The Morgan fingerprint density at radius 1 is 1.11 bits per heavy atom. The van der Waals surface area contributed by atoms with Gasteiger partial charge in [0.1, 0.15) is 0 Å². The maximum Gasteiger partial charge on any atom is 0.0454 e. The Kier molecular flexibility index (Phi) is 3.18. The van der Waals surface area contributed by atoms with Crippen molar-refractivity contribution in [1.29, 1.82) is 0 Å². The summed E-state index contributed by atoms with van der Waals surface area (Å²) in [6.45, 7) is 2.87. The highest BCUT2D eigenvalue weighted by Gasteiger charge is 2.01. The summed E-state index contributed by atoms with van der Waals surface area (Å²) >= 11 is 6.02. The summed E-state index contributed by atoms with van der Waals surface area (Å²) in [6, 6.07) is 14.4. The fourth-order valence-corrected chi connectivity index (χ4v) is 2.37. The predicted molar refractivity (Wildman–Crippen MR) is 81.8 cm³/mol. The second-order valence-corrected chi connectivity index (χ2v) is 5.15. The van der Waals surface area contributed by atoms with Crippen LogP contribution in [0.2, 0.25) is 5.02 Å². The molecule has 3 rings (SSSR count). The van der Waals surface area contributed by atoms with E-state index in [2.05, 4.69) is 41.5 Å². The monoisotopic (exact) mass is 270 g/mol. The predicted octanol–water partition coefficient (Wildman–Crippen LogP) is 4.74. The van der Waals surface area contributed by atoms with Crippen LogP contribution in [0.4, 0.5) is 5.69 Å². The molecule has 0 saturated carbocycles. The van der Waals surface area contributed by atoms with E-state index >= 15 is 0 Å². The summed E-state index contributed by atoms with van der Waals surface area (Å²) in [6.07, 6.45) is 1.96. The second-order valence-electron chi connectivity index (χ2n) is 4.71. The van der Waals surface area contributed by atoms with Crippen LogP contribution in [0.1, 0.15) is 11.1 Å². The van der Waals surface area contributed by atoms with E-state index in [0.717, 1.165) is 17.3 Å². The van der Waals surface area contributed by atoms with Crippen LogP contribution in [0, 0.1) is 6.92 Å². The third kappa shape index (κ3) is 2.59. The maximum atomic E-state index is 6.02. The fraction of sp³-hybridized carbons (Fsp3) is 0.125. The SMILES string of the molecule is Cc1ccc(Cl)cc1NCc1ccc2[nH]ccc2c1. The minimum atomic E-state index is 0.759. The van der Waals surface area contributed by atoms with E-state index in [4.69, 9.17) is 11.6 Å². The molecule has 0 radical (unpaired) electrons. The Labute approximate surface area is 117 Å². The van der Waals surface area contributed by atoms with Gasteiger partial charge >= 0.3 is 0 Å². The van der Waals surface area contributed by atoms with Crippen LogP contribution in [-0.4, -0.2) is 4.98 Å². The topological polar surface area (TPSA) is 27.8 Å². The van der Waals surface area contributed by atoms with Crippen molar-refractivity contribution in [2.24, 2.45) is 0 Å². The molecule has 0 unspecified atom stereocenters. The number of aromatic nitrogens is 1. The number of aryl methyl sites for hydroxylation is 1. The molecule has 3 heteroatoms. The maximum absolute atomic E-state index is 6.02. The number of benzene rings is 2. The molecule has 0 atom stereocenters. The second kappa shape index (κ2) is 4.98. The van der Waals surface area contributed by atoms with Gasteiger partial charge in [-0.3, -0.25) is 0 Å². The molecule has 0 spiro atoms. The number of fused-ring (bicyclic) bond motifs is 1. The molecular weight excluding hydrogens is 256 g/mol. The molecule has 0 saturated heterocycles. The zero-order chi connectivity index (χ0) is 13.2. The van der Waals surface area contributed by atoms with E-state index in [1.54, 1.807) is 0 Å². The van der Waals surface area contributed by atoms with Crippen LogP contribution in [0.3, 0.4) is 0 Å². The number of hydrogen-bond donors (Lipinski definition) is 2. The van der Waals surface area contributed by atoms with Gasteiger partial charge in [-0.25, -0.2) is 0 Å². The molecule has 1 heterocycles. The summed E-state index contributed by atoms with van der Waals surface area (Å²) < 4.78 is 0. The Morgan fingerprint density at radius 3 is 2.89 bits per heavy atom. The van der Waals surface area contributed by atoms with Crippen LogP contribution >= 0.6 is 11.6 Å². The molecule has 3 aromatic rings. The molecule has 0 fully saturated rings. The first kappa shape index (κ1) is 12.1. The normalized spacial score (nSPS) is 10.8. The molecule has 0 bridgehead atoms. The number of aromatic amines is 1. The first-order chi connectivity index (χ1) is 9.22. The molecule has 19 heavy (non-hydrogen) atoms. The zero-order valence-corrected chi connectivity index (χ0v) is 11.5. The first-order valence-corrected chi connectivity index (χ1v) is 6.66. The highest BCUT2D eigenvalue weighted by Crippen LogP contribution is 2.21. The van der Waals surface area contributed by atoms with Crippen molar-refractivity contribution in [3.8, 4) is 0 Å². The molecule has 2 nitrogen and oxygen atoms in total. The lowest BCUT2D eigenvalue weighted by Crippen LogP contribution is -2.00. The number of anilines is 1. The Hall–Kier alpha value is -1.93. The minimum Gasteiger partial charge on any atom is -0.381 e. The van der Waals surface area contributed by atoms with Gasteiger partial charge in [-0.15, -0.1) is 0 Å². The number of H-pyrrole nitrogens is 1. The third-order valence-corrected chi connectivity index (χ3v) is 3.54. The molecule has 0 amide bonds. The average molecular weight is 271 g/mol. The lowest BCUT2D eigenvalue weighted by Gasteiger charge is -2.10. The standard InChI is InChI=1S/C16H15ClN2/c1-11-2-4-14(17)9-16(11)19-10-12-3-5-15-13(8-12)6-7-18-15/h2-9,18-19H,10H2,1H3. The van der Waals surface area contributed by atoms with Gasteiger partial charge in [0, 0.05) is 29.0 Å². The highest BCUT2D eigenvalue weighted by molar-refractivity contribution is 6.30. The molecule has 0 aliphatic rings. The van der Waals surface area contributed by atoms with E-state index in [1.807, 2.05) is 24.4 Å². The van der Waals surface area contributed by atoms with Crippen LogP contribution in [-0.2, 0) is 6.54 Å². The molecule has 0 aliphatic carbocycles. The van der Waals surface area contributed by atoms with Crippen LogP contribution in [0.25, 0.3) is 10.9 Å². The highest BCUT2D eigenvalue weighted by atomic mass is 35.5. The van der Waals surface area contributed by atoms with Gasteiger partial charge in [-0.1, -0.05) is 23.7 Å². The van der Waals surface area contributed by atoms with Gasteiger partial charge in [0.05, 0.1) is 0 Å². The largest absolute Gasteiger partial charge is 0.381 e. The lowest BCUT2D eigenvalue weighted by atomic mass is 10.1. The number of rotatable bonds is 3. The number of nitrogens with one attached hydrogen (secondary N) is 2. The average Bonchev–Trinajstić information content (AvgIpc) is 2.87. The molecule has 1 aromatic heterocycles. The molecular formula is C16H15ClN2. The lowest BCUT2D eigenvalue weighted by molar-refractivity contribution is 1.14. The van der Waals surface area contributed by atoms with Crippen LogP contribution in [0.5, 0.6) is 0 Å². The van der Waals surface area contributed by atoms with Crippen LogP contribution < -0.4 is 5.32 Å². The first-order valence-electron chi connectivity index (χ1n) is 6.28. The van der Waals surface area contributed by atoms with Crippen molar-refractivity contribution in [3.63, 3.8) is 0 Å². The Balaban J connectivity index is 1.79. The Morgan fingerprint density at radius 2 is 2.00 bits per heavy atom. The van der Waals surface area contributed by atoms with E-state index in [0.29, 0.717) is 0 Å². The zero-order valence-electron chi connectivity index (χ0n) is 10.7. The van der Waals surface area contributed by atoms with Gasteiger partial charge in [-0.2, -0.15) is 0 Å². The number of halogens is 1. The van der Waals surface area contributed by atoms with Crippen LogP contribution in [0.15, 0.2) is 48.7 Å². The van der Waals surface area contributed by atoms with E-state index in [9.17, 15) is 0 Å². The summed E-state index contributed by atoms with van der Waals surface area (Å²) in [5.74, 6) is 0. The summed E-state index contributed by atoms with van der Waals surface area (Å²) in [5.41, 5.74) is 4.71. The quantitative estimate of drug-likeness (QED) is 0.707. The van der Waals surface area contributed by atoms with Gasteiger partial charge in [-0.05, 0) is 53.8 Å². The molecule has 96 valence electrons. The summed E-state index contributed by atoms with van der Waals surface area (Å²) in [4.78, 5) is 3.20. The van der Waals surface area contributed by atoms with Gasteiger partial charge in [0.15, 0.2) is 0 Å². The van der Waals surface area contributed by atoms with E-state index < -0.39 is 0 Å². The van der Waals surface area contributed by atoms with Crippen molar-refractivity contribution < 1.29 is 0 Å². The smallest absolute Gasteiger partial charge is 0.0454 e.